The number of benzene rings is 9. The van der Waals surface area contributed by atoms with Crippen LogP contribution in [0, 0.1) is 34.6 Å². The smallest absolute Gasteiger partial charge is 0.0570 e. The van der Waals surface area contributed by atoms with Crippen LogP contribution in [-0.4, -0.2) is 0 Å². The van der Waals surface area contributed by atoms with Gasteiger partial charge in [-0.15, -0.1) is 0 Å². The van der Waals surface area contributed by atoms with Crippen molar-refractivity contribution < 1.29 is 0 Å². The van der Waals surface area contributed by atoms with Gasteiger partial charge in [0.1, 0.15) is 0 Å². The van der Waals surface area contributed by atoms with Crippen LogP contribution >= 0.6 is 0 Å². The number of anilines is 6. The minimum absolute atomic E-state index is 1.06. The zero-order chi connectivity index (χ0) is 44.4. The van der Waals surface area contributed by atoms with Gasteiger partial charge in [-0.1, -0.05) is 174 Å². The summed E-state index contributed by atoms with van der Waals surface area (Å²) in [5, 5.41) is 7.12. The molecule has 0 bridgehead atoms. The van der Waals surface area contributed by atoms with Gasteiger partial charge in [-0.25, -0.2) is 0 Å². The molecule has 0 fully saturated rings. The predicted octanol–water partition coefficient (Wildman–Crippen LogP) is 18.1. The Hall–Kier alpha value is -7.94. The van der Waals surface area contributed by atoms with E-state index in [1.54, 1.807) is 0 Å². The Kier molecular flexibility index (Phi) is 11.2. The van der Waals surface area contributed by atoms with Gasteiger partial charge in [0.25, 0.3) is 0 Å². The second-order valence-electron chi connectivity index (χ2n) is 17.4. The molecule has 314 valence electrons. The van der Waals surface area contributed by atoms with Crippen LogP contribution in [0.4, 0.5) is 34.1 Å². The average molecular weight is 837 g/mol. The summed E-state index contributed by atoms with van der Waals surface area (Å²) >= 11 is 0. The molecule has 0 atom stereocenters. The molecular formula is C63H52N2. The fraction of sp³-hybridized carbons (Fsp3) is 0.0794. The van der Waals surface area contributed by atoms with Crippen molar-refractivity contribution in [1.29, 1.82) is 0 Å². The highest BCUT2D eigenvalue weighted by atomic mass is 15.2. The molecular weight excluding hydrogens is 785 g/mol. The SMILES string of the molecule is Cc1ccc(N(c2ccc(C)cc2)c2ccc(-c3ccc4ccccc4c3)ccc(C)c(N(c3ccc(C)cc3)c3ccc(C)cc3)c3cc(-c4ccc5ccccc5c4)ccc23)cc1. The third kappa shape index (κ3) is 8.47. The zero-order valence-corrected chi connectivity index (χ0v) is 37.8. The lowest BCUT2D eigenvalue weighted by atomic mass is 9.95. The monoisotopic (exact) mass is 836 g/mol. The maximum absolute atomic E-state index is 2.46. The molecule has 0 amide bonds. The molecule has 2 heteroatoms. The molecule has 0 aliphatic rings. The summed E-state index contributed by atoms with van der Waals surface area (Å²) in [5.41, 5.74) is 17.1. The van der Waals surface area contributed by atoms with Gasteiger partial charge in [0.2, 0.25) is 0 Å². The Bertz CT molecular complexity index is 3310. The maximum atomic E-state index is 2.46. The van der Waals surface area contributed by atoms with Gasteiger partial charge in [-0.3, -0.25) is 0 Å². The largest absolute Gasteiger partial charge is 0.310 e. The first-order valence-electron chi connectivity index (χ1n) is 22.6. The molecule has 10 aromatic carbocycles. The van der Waals surface area contributed by atoms with Crippen LogP contribution < -0.4 is 9.80 Å². The van der Waals surface area contributed by atoms with Crippen LogP contribution in [0.25, 0.3) is 54.6 Å². The maximum Gasteiger partial charge on any atom is 0.0570 e. The first kappa shape index (κ1) is 41.1. The summed E-state index contributed by atoms with van der Waals surface area (Å²) in [6.07, 6.45) is 0. The van der Waals surface area contributed by atoms with Gasteiger partial charge in [0.05, 0.1) is 11.4 Å². The van der Waals surface area contributed by atoms with Gasteiger partial charge >= 0.3 is 0 Å². The number of hydrogen-bond acceptors (Lipinski definition) is 2. The zero-order valence-electron chi connectivity index (χ0n) is 37.8. The van der Waals surface area contributed by atoms with E-state index in [1.807, 2.05) is 0 Å². The molecule has 0 radical (unpaired) electrons. The third-order valence-electron chi connectivity index (χ3n) is 12.7. The summed E-state index contributed by atoms with van der Waals surface area (Å²) < 4.78 is 0. The number of aryl methyl sites for hydroxylation is 5. The molecule has 0 spiro atoms. The second-order valence-corrected chi connectivity index (χ2v) is 17.4. The van der Waals surface area contributed by atoms with E-state index in [0.29, 0.717) is 0 Å². The highest BCUT2D eigenvalue weighted by Gasteiger charge is 2.21. The number of rotatable bonds is 8. The van der Waals surface area contributed by atoms with E-state index >= 15 is 0 Å². The molecule has 0 aliphatic heterocycles. The molecule has 0 unspecified atom stereocenters. The lowest BCUT2D eigenvalue weighted by Gasteiger charge is -2.30. The molecule has 0 aromatic heterocycles. The van der Waals surface area contributed by atoms with Crippen molar-refractivity contribution in [3.05, 3.63) is 252 Å². The van der Waals surface area contributed by atoms with Gasteiger partial charge < -0.3 is 9.80 Å². The Balaban J connectivity index is 1.38. The van der Waals surface area contributed by atoms with Crippen LogP contribution in [0.3, 0.4) is 0 Å². The van der Waals surface area contributed by atoms with Crippen LogP contribution in [0.2, 0.25) is 0 Å². The van der Waals surface area contributed by atoms with E-state index in [-0.39, 0.29) is 0 Å². The van der Waals surface area contributed by atoms with E-state index in [9.17, 15) is 0 Å². The predicted molar refractivity (Wildman–Crippen MR) is 281 cm³/mol. The Morgan fingerprint density at radius 1 is 0.262 bits per heavy atom. The molecule has 0 saturated carbocycles. The summed E-state index contributed by atoms with van der Waals surface area (Å²) in [6.45, 7) is 10.9. The van der Waals surface area contributed by atoms with Gasteiger partial charge in [-0.2, -0.15) is 0 Å². The van der Waals surface area contributed by atoms with Crippen LogP contribution in [0.15, 0.2) is 224 Å². The summed E-state index contributed by atoms with van der Waals surface area (Å²) in [7, 11) is 0. The normalized spacial score (nSPS) is 11.2. The minimum Gasteiger partial charge on any atom is -0.310 e. The van der Waals surface area contributed by atoms with Crippen molar-refractivity contribution in [2.24, 2.45) is 0 Å². The van der Waals surface area contributed by atoms with E-state index in [1.165, 1.54) is 49.4 Å². The quantitative estimate of drug-likeness (QED) is 0.150. The first-order chi connectivity index (χ1) is 31.8. The van der Waals surface area contributed by atoms with E-state index < -0.39 is 0 Å². The molecule has 2 nitrogen and oxygen atoms in total. The average Bonchev–Trinajstić information content (AvgIpc) is 3.34. The highest BCUT2D eigenvalue weighted by Crippen LogP contribution is 2.46. The fourth-order valence-electron chi connectivity index (χ4n) is 9.00. The van der Waals surface area contributed by atoms with E-state index in [4.69, 9.17) is 0 Å². The molecule has 65 heavy (non-hydrogen) atoms. The van der Waals surface area contributed by atoms with Crippen LogP contribution in [0.5, 0.6) is 0 Å². The van der Waals surface area contributed by atoms with Crippen molar-refractivity contribution >= 4 is 66.4 Å². The number of hydrogen-bond donors (Lipinski definition) is 0. The summed E-state index contributed by atoms with van der Waals surface area (Å²) in [4.78, 5) is 4.89. The van der Waals surface area contributed by atoms with Crippen molar-refractivity contribution in [2.45, 2.75) is 34.6 Å². The van der Waals surface area contributed by atoms with Crippen LogP contribution in [0.1, 0.15) is 27.8 Å². The second kappa shape index (κ2) is 17.7. The lowest BCUT2D eigenvalue weighted by Crippen LogP contribution is -2.13. The fourth-order valence-corrected chi connectivity index (χ4v) is 9.00. The van der Waals surface area contributed by atoms with Crippen molar-refractivity contribution in [1.82, 2.24) is 0 Å². The topological polar surface area (TPSA) is 6.48 Å². The van der Waals surface area contributed by atoms with Gasteiger partial charge in [-0.05, 0) is 157 Å². The van der Waals surface area contributed by atoms with Gasteiger partial charge in [0, 0.05) is 33.5 Å². The standard InChI is InChI=1S/C63H52N2/c1-43-14-30-56(31-15-43)64(57-32-16-44(2)17-33-57)62-39-29-50(53-26-24-48-10-6-8-12-51(48)40-53)23-22-47(5)63(65(58-34-18-45(3)19-35-58)59-36-20-46(4)21-37-59)61-42-55(28-38-60(61)62)54-27-25-49-11-7-9-13-52(49)41-54/h6-42H,1-5H3. The van der Waals surface area contributed by atoms with Crippen molar-refractivity contribution in [3.8, 4) is 22.3 Å². The molecule has 0 aliphatic carbocycles. The lowest BCUT2D eigenvalue weighted by molar-refractivity contribution is 1.25. The number of nitrogens with zero attached hydrogens (tertiary/aromatic N) is 2. The molecule has 10 rings (SSSR count). The van der Waals surface area contributed by atoms with Crippen LogP contribution in [-0.2, 0) is 0 Å². The summed E-state index contributed by atoms with van der Waals surface area (Å²) in [5.74, 6) is 0. The van der Waals surface area contributed by atoms with Crippen molar-refractivity contribution in [3.63, 3.8) is 0 Å². The summed E-state index contributed by atoms with van der Waals surface area (Å²) in [6, 6.07) is 83.0. The van der Waals surface area contributed by atoms with Crippen molar-refractivity contribution in [2.75, 3.05) is 9.80 Å². The van der Waals surface area contributed by atoms with E-state index in [0.717, 1.165) is 67.2 Å². The van der Waals surface area contributed by atoms with E-state index in [2.05, 4.69) is 269 Å². The number of fused-ring (bicyclic) bond motifs is 3. The molecule has 10 aromatic rings. The molecule has 0 saturated heterocycles. The van der Waals surface area contributed by atoms with Gasteiger partial charge in [0.15, 0.2) is 0 Å². The first-order valence-corrected chi connectivity index (χ1v) is 22.6. The third-order valence-corrected chi connectivity index (χ3v) is 12.7. The minimum atomic E-state index is 1.06. The highest BCUT2D eigenvalue weighted by molar-refractivity contribution is 6.08. The Morgan fingerprint density at radius 2 is 0.631 bits per heavy atom. The Morgan fingerprint density at radius 3 is 1.11 bits per heavy atom. The molecule has 0 heterocycles. The molecule has 0 N–H and O–H groups in total. The Labute approximate surface area is 383 Å².